The number of carbonyl (C=O) groups is 2. The summed E-state index contributed by atoms with van der Waals surface area (Å²) >= 11 is 0. The van der Waals surface area contributed by atoms with Gasteiger partial charge in [0.25, 0.3) is 0 Å². The average molecular weight is 279 g/mol. The summed E-state index contributed by atoms with van der Waals surface area (Å²) in [5.74, 6) is -1.27. The Morgan fingerprint density at radius 1 is 1.45 bits per heavy atom. The molecule has 0 saturated carbocycles. The third-order valence-electron chi connectivity index (χ3n) is 3.38. The number of anilines is 1. The second-order valence-electron chi connectivity index (χ2n) is 4.80. The predicted octanol–water partition coefficient (Wildman–Crippen LogP) is 0.903. The first-order valence-corrected chi connectivity index (χ1v) is 6.33. The molecular formula is C13H17N3O4. The minimum Gasteiger partial charge on any atom is -0.507 e. The second kappa shape index (κ2) is 5.79. The first-order valence-electron chi connectivity index (χ1n) is 6.33. The Balaban J connectivity index is 2.05. The van der Waals surface area contributed by atoms with Gasteiger partial charge in [-0.25, -0.2) is 9.59 Å². The molecule has 0 radical (unpaired) electrons. The maximum Gasteiger partial charge on any atom is 0.339 e. The highest BCUT2D eigenvalue weighted by Gasteiger charge is 2.25. The Kier molecular flexibility index (Phi) is 4.09. The normalized spacial score (nSPS) is 18.1. The molecule has 0 bridgehead atoms. The smallest absolute Gasteiger partial charge is 0.339 e. The standard InChI is InChI=1S/C13H17N3O4/c14-6-8-3-4-16(7-8)13(20)15-9-1-2-11(17)10(5-9)12(18)19/h1-2,5,8,17H,3-4,6-7,14H2,(H,15,20)(H,18,19). The van der Waals surface area contributed by atoms with E-state index in [9.17, 15) is 14.7 Å². The van der Waals surface area contributed by atoms with Gasteiger partial charge in [-0.1, -0.05) is 0 Å². The van der Waals surface area contributed by atoms with Crippen molar-refractivity contribution in [2.24, 2.45) is 11.7 Å². The van der Waals surface area contributed by atoms with E-state index in [0.717, 1.165) is 6.42 Å². The van der Waals surface area contributed by atoms with Gasteiger partial charge in [-0.05, 0) is 37.1 Å². The Bertz CT molecular complexity index is 532. The highest BCUT2D eigenvalue weighted by Crippen LogP contribution is 2.22. The summed E-state index contributed by atoms with van der Waals surface area (Å²) in [6, 6.07) is 3.64. The number of nitrogens with two attached hydrogens (primary N) is 1. The number of hydrogen-bond acceptors (Lipinski definition) is 4. The molecule has 20 heavy (non-hydrogen) atoms. The van der Waals surface area contributed by atoms with Crippen LogP contribution in [0.5, 0.6) is 5.75 Å². The minimum atomic E-state index is -1.25. The Morgan fingerprint density at radius 3 is 2.80 bits per heavy atom. The van der Waals surface area contributed by atoms with Gasteiger partial charge < -0.3 is 26.2 Å². The number of carboxylic acids is 1. The fourth-order valence-corrected chi connectivity index (χ4v) is 2.20. The molecule has 7 nitrogen and oxygen atoms in total. The summed E-state index contributed by atoms with van der Waals surface area (Å²) in [6.07, 6.45) is 0.875. The number of hydrogen-bond donors (Lipinski definition) is 4. The van der Waals surface area contributed by atoms with E-state index >= 15 is 0 Å². The summed E-state index contributed by atoms with van der Waals surface area (Å²) < 4.78 is 0. The van der Waals surface area contributed by atoms with Crippen LogP contribution in [0.15, 0.2) is 18.2 Å². The van der Waals surface area contributed by atoms with Crippen LogP contribution in [-0.4, -0.2) is 46.7 Å². The molecule has 108 valence electrons. The number of carbonyl (C=O) groups excluding carboxylic acids is 1. The van der Waals surface area contributed by atoms with E-state index in [1.165, 1.54) is 18.2 Å². The van der Waals surface area contributed by atoms with E-state index in [2.05, 4.69) is 5.32 Å². The van der Waals surface area contributed by atoms with Crippen molar-refractivity contribution in [2.75, 3.05) is 25.0 Å². The van der Waals surface area contributed by atoms with Crippen molar-refractivity contribution in [3.8, 4) is 5.75 Å². The lowest BCUT2D eigenvalue weighted by Crippen LogP contribution is -2.33. The molecule has 1 aromatic carbocycles. The van der Waals surface area contributed by atoms with Crippen molar-refractivity contribution in [3.63, 3.8) is 0 Å². The predicted molar refractivity (Wildman–Crippen MR) is 72.8 cm³/mol. The molecule has 5 N–H and O–H groups in total. The van der Waals surface area contributed by atoms with Gasteiger partial charge >= 0.3 is 12.0 Å². The summed E-state index contributed by atoms with van der Waals surface area (Å²) in [4.78, 5) is 24.6. The quantitative estimate of drug-likeness (QED) is 0.613. The van der Waals surface area contributed by atoms with E-state index in [1.54, 1.807) is 4.90 Å². The van der Waals surface area contributed by atoms with Crippen molar-refractivity contribution in [2.45, 2.75) is 6.42 Å². The summed E-state index contributed by atoms with van der Waals surface area (Å²) in [5.41, 5.74) is 5.66. The van der Waals surface area contributed by atoms with Gasteiger partial charge in [0.05, 0.1) is 0 Å². The molecule has 1 aliphatic rings. The molecule has 0 aromatic heterocycles. The second-order valence-corrected chi connectivity index (χ2v) is 4.80. The lowest BCUT2D eigenvalue weighted by Gasteiger charge is -2.17. The molecule has 7 heteroatoms. The van der Waals surface area contributed by atoms with Crippen LogP contribution in [0.2, 0.25) is 0 Å². The minimum absolute atomic E-state index is 0.246. The van der Waals surface area contributed by atoms with E-state index in [-0.39, 0.29) is 17.3 Å². The molecule has 1 unspecified atom stereocenters. The highest BCUT2D eigenvalue weighted by atomic mass is 16.4. The monoisotopic (exact) mass is 279 g/mol. The SMILES string of the molecule is NCC1CCN(C(=O)Nc2ccc(O)c(C(=O)O)c2)C1. The molecule has 1 heterocycles. The zero-order valence-corrected chi connectivity index (χ0v) is 10.9. The first kappa shape index (κ1) is 14.1. The van der Waals surface area contributed by atoms with E-state index < -0.39 is 5.97 Å². The third kappa shape index (κ3) is 3.00. The van der Waals surface area contributed by atoms with E-state index in [0.29, 0.717) is 31.2 Å². The number of nitrogens with one attached hydrogen (secondary N) is 1. The number of aromatic carboxylic acids is 1. The van der Waals surface area contributed by atoms with Gasteiger partial charge in [-0.3, -0.25) is 0 Å². The van der Waals surface area contributed by atoms with Crippen molar-refractivity contribution in [3.05, 3.63) is 23.8 Å². The Morgan fingerprint density at radius 2 is 2.20 bits per heavy atom. The summed E-state index contributed by atoms with van der Waals surface area (Å²) in [7, 11) is 0. The molecule has 1 fully saturated rings. The fraction of sp³-hybridized carbons (Fsp3) is 0.385. The number of benzene rings is 1. The highest BCUT2D eigenvalue weighted by molar-refractivity contribution is 5.95. The Labute approximate surface area is 116 Å². The molecule has 0 aliphatic carbocycles. The molecule has 2 rings (SSSR count). The van der Waals surface area contributed by atoms with Crippen molar-refractivity contribution in [1.82, 2.24) is 4.90 Å². The van der Waals surface area contributed by atoms with Crippen LogP contribution in [0.25, 0.3) is 0 Å². The van der Waals surface area contributed by atoms with Crippen molar-refractivity contribution < 1.29 is 19.8 Å². The van der Waals surface area contributed by atoms with Crippen LogP contribution in [0, 0.1) is 5.92 Å². The van der Waals surface area contributed by atoms with Gasteiger partial charge in [0.2, 0.25) is 0 Å². The number of rotatable bonds is 3. The zero-order chi connectivity index (χ0) is 14.7. The number of phenols is 1. The number of nitrogens with zero attached hydrogens (tertiary/aromatic N) is 1. The maximum atomic E-state index is 12.0. The molecule has 0 spiro atoms. The topological polar surface area (TPSA) is 116 Å². The van der Waals surface area contributed by atoms with Gasteiger partial charge in [-0.15, -0.1) is 0 Å². The number of amides is 2. The molecule has 1 aromatic rings. The summed E-state index contributed by atoms with van der Waals surface area (Å²) in [5, 5.41) is 20.9. The van der Waals surface area contributed by atoms with Crippen LogP contribution < -0.4 is 11.1 Å². The lowest BCUT2D eigenvalue weighted by molar-refractivity contribution is 0.0693. The van der Waals surface area contributed by atoms with Crippen LogP contribution in [0.1, 0.15) is 16.8 Å². The van der Waals surface area contributed by atoms with E-state index in [1.807, 2.05) is 0 Å². The van der Waals surface area contributed by atoms with Crippen LogP contribution in [0.3, 0.4) is 0 Å². The Hall–Kier alpha value is -2.28. The molecule has 1 atom stereocenters. The average Bonchev–Trinajstić information content (AvgIpc) is 2.89. The van der Waals surface area contributed by atoms with Crippen LogP contribution >= 0.6 is 0 Å². The zero-order valence-electron chi connectivity index (χ0n) is 10.9. The van der Waals surface area contributed by atoms with Crippen molar-refractivity contribution >= 4 is 17.7 Å². The van der Waals surface area contributed by atoms with E-state index in [4.69, 9.17) is 10.8 Å². The van der Waals surface area contributed by atoms with Gasteiger partial charge in [-0.2, -0.15) is 0 Å². The number of likely N-dealkylation sites (tertiary alicyclic amines) is 1. The van der Waals surface area contributed by atoms with Gasteiger partial charge in [0.1, 0.15) is 11.3 Å². The van der Waals surface area contributed by atoms with Gasteiger partial charge in [0.15, 0.2) is 0 Å². The largest absolute Gasteiger partial charge is 0.507 e. The molecule has 1 aliphatic heterocycles. The van der Waals surface area contributed by atoms with Crippen LogP contribution in [-0.2, 0) is 0 Å². The lowest BCUT2D eigenvalue weighted by atomic mass is 10.1. The molecule has 1 saturated heterocycles. The van der Waals surface area contributed by atoms with Gasteiger partial charge in [0, 0.05) is 18.8 Å². The number of aromatic hydroxyl groups is 1. The first-order chi connectivity index (χ1) is 9.51. The van der Waals surface area contributed by atoms with Crippen LogP contribution in [0.4, 0.5) is 10.5 Å². The maximum absolute atomic E-state index is 12.0. The van der Waals surface area contributed by atoms with Crippen molar-refractivity contribution in [1.29, 1.82) is 0 Å². The summed E-state index contributed by atoms with van der Waals surface area (Å²) in [6.45, 7) is 1.79. The number of urea groups is 1. The molecule has 2 amide bonds. The fourth-order valence-electron chi connectivity index (χ4n) is 2.20. The third-order valence-corrected chi connectivity index (χ3v) is 3.38. The molecular weight excluding hydrogens is 262 g/mol. The number of carboxylic acid groups (broad SMARTS) is 1.